The molecule has 0 bridgehead atoms. The number of pyridine rings is 2. The van der Waals surface area contributed by atoms with Crippen molar-refractivity contribution in [2.24, 2.45) is 0 Å². The van der Waals surface area contributed by atoms with Gasteiger partial charge in [0, 0.05) is 24.8 Å². The van der Waals surface area contributed by atoms with Crippen LogP contribution in [0.3, 0.4) is 0 Å². The number of anilines is 3. The molecule has 2 aliphatic rings. The van der Waals surface area contributed by atoms with Gasteiger partial charge >= 0.3 is 6.03 Å². The second-order valence-corrected chi connectivity index (χ2v) is 9.77. The van der Waals surface area contributed by atoms with Crippen LogP contribution in [0.1, 0.15) is 28.2 Å². The summed E-state index contributed by atoms with van der Waals surface area (Å²) in [6, 6.07) is 14.3. The molecular formula is C26H24N6O3S. The number of piperidine rings is 1. The molecule has 3 N–H and O–H groups in total. The first-order valence-corrected chi connectivity index (χ1v) is 12.6. The summed E-state index contributed by atoms with van der Waals surface area (Å²) in [6.07, 6.45) is 3.56. The lowest BCUT2D eigenvalue weighted by molar-refractivity contribution is 0.0935. The summed E-state index contributed by atoms with van der Waals surface area (Å²) >= 11 is 1.29. The van der Waals surface area contributed by atoms with Gasteiger partial charge in [0.1, 0.15) is 15.5 Å². The van der Waals surface area contributed by atoms with E-state index in [2.05, 4.69) is 25.9 Å². The van der Waals surface area contributed by atoms with Crippen LogP contribution in [0, 0.1) is 6.92 Å². The van der Waals surface area contributed by atoms with Crippen molar-refractivity contribution in [1.29, 1.82) is 0 Å². The van der Waals surface area contributed by atoms with Gasteiger partial charge in [0.2, 0.25) is 5.88 Å². The highest BCUT2D eigenvalue weighted by molar-refractivity contribution is 7.21. The van der Waals surface area contributed by atoms with Gasteiger partial charge in [-0.1, -0.05) is 18.2 Å². The lowest BCUT2D eigenvalue weighted by atomic mass is 10.1. The Kier molecular flexibility index (Phi) is 5.74. The smallest absolute Gasteiger partial charge is 0.331 e. The van der Waals surface area contributed by atoms with Gasteiger partial charge in [0.05, 0.1) is 28.1 Å². The molecule has 2 aliphatic heterocycles. The van der Waals surface area contributed by atoms with Gasteiger partial charge in [0.25, 0.3) is 5.91 Å². The highest BCUT2D eigenvalue weighted by Crippen LogP contribution is 2.47. The molecule has 0 spiro atoms. The minimum absolute atomic E-state index is 0.0415. The SMILES string of the molecule is Cc1nc(Oc2ccccc2)ccc1N1C(=O)Nc2ccnc3sc(C(=O)NC4CCCNC4)c1c23. The summed E-state index contributed by atoms with van der Waals surface area (Å²) < 4.78 is 5.87. The van der Waals surface area contributed by atoms with E-state index in [1.54, 1.807) is 24.4 Å². The van der Waals surface area contributed by atoms with Gasteiger partial charge in [-0.15, -0.1) is 11.3 Å². The average Bonchev–Trinajstić information content (AvgIpc) is 3.27. The molecule has 3 amide bonds. The first kappa shape index (κ1) is 22.4. The van der Waals surface area contributed by atoms with Gasteiger partial charge in [-0.05, 0) is 50.6 Å². The highest BCUT2D eigenvalue weighted by atomic mass is 32.1. The summed E-state index contributed by atoms with van der Waals surface area (Å²) in [5.74, 6) is 0.880. The van der Waals surface area contributed by atoms with Crippen LogP contribution in [0.2, 0.25) is 0 Å². The normalized spacial score (nSPS) is 17.1. The number of nitrogens with one attached hydrogen (secondary N) is 3. The number of ether oxygens (including phenoxy) is 1. The lowest BCUT2D eigenvalue weighted by Crippen LogP contribution is -2.45. The van der Waals surface area contributed by atoms with E-state index < -0.39 is 0 Å². The number of aryl methyl sites for hydroxylation is 1. The van der Waals surface area contributed by atoms with Gasteiger partial charge in [-0.2, -0.15) is 0 Å². The minimum Gasteiger partial charge on any atom is -0.439 e. The molecule has 5 heterocycles. The first-order valence-electron chi connectivity index (χ1n) is 11.8. The van der Waals surface area contributed by atoms with Crippen molar-refractivity contribution >= 4 is 50.6 Å². The fourth-order valence-electron chi connectivity index (χ4n) is 4.64. The maximum absolute atomic E-state index is 13.5. The van der Waals surface area contributed by atoms with Crippen molar-refractivity contribution in [1.82, 2.24) is 20.6 Å². The fraction of sp³-hybridized carbons (Fsp3) is 0.231. The Labute approximate surface area is 211 Å². The third-order valence-corrected chi connectivity index (χ3v) is 7.40. The van der Waals surface area contributed by atoms with E-state index in [1.165, 1.54) is 16.2 Å². The Hall–Kier alpha value is -4.02. The van der Waals surface area contributed by atoms with Crippen molar-refractivity contribution in [3.8, 4) is 11.6 Å². The monoisotopic (exact) mass is 500 g/mol. The molecule has 0 radical (unpaired) electrons. The highest BCUT2D eigenvalue weighted by Gasteiger charge is 2.35. The van der Waals surface area contributed by atoms with Gasteiger partial charge in [-0.25, -0.2) is 14.8 Å². The largest absolute Gasteiger partial charge is 0.439 e. The number of rotatable bonds is 5. The Morgan fingerprint density at radius 1 is 1.19 bits per heavy atom. The van der Waals surface area contributed by atoms with Gasteiger partial charge in [0.15, 0.2) is 0 Å². The Morgan fingerprint density at radius 2 is 2.06 bits per heavy atom. The molecule has 1 aromatic carbocycles. The number of hydrogen-bond donors (Lipinski definition) is 3. The summed E-state index contributed by atoms with van der Waals surface area (Å²) in [4.78, 5) is 38.6. The van der Waals surface area contributed by atoms with Crippen LogP contribution in [-0.2, 0) is 0 Å². The minimum atomic E-state index is -0.358. The van der Waals surface area contributed by atoms with Crippen LogP contribution in [0.5, 0.6) is 11.6 Å². The zero-order valence-electron chi connectivity index (χ0n) is 19.6. The molecule has 1 unspecified atom stereocenters. The Bertz CT molecular complexity index is 1470. The van der Waals surface area contributed by atoms with Crippen LogP contribution in [0.15, 0.2) is 54.7 Å². The second-order valence-electron chi connectivity index (χ2n) is 8.77. The lowest BCUT2D eigenvalue weighted by Gasteiger charge is -2.29. The van der Waals surface area contributed by atoms with Crippen molar-refractivity contribution < 1.29 is 14.3 Å². The summed E-state index contributed by atoms with van der Waals surface area (Å²) in [5, 5.41) is 10.1. The number of nitrogens with zero attached hydrogens (tertiary/aromatic N) is 3. The topological polar surface area (TPSA) is 108 Å². The first-order chi connectivity index (χ1) is 17.6. The van der Waals surface area contributed by atoms with Gasteiger partial charge < -0.3 is 20.7 Å². The van der Waals surface area contributed by atoms with Crippen LogP contribution in [0.4, 0.5) is 21.9 Å². The maximum Gasteiger partial charge on any atom is 0.331 e. The van der Waals surface area contributed by atoms with E-state index in [-0.39, 0.29) is 18.0 Å². The number of benzene rings is 1. The number of aromatic nitrogens is 2. The zero-order chi connectivity index (χ0) is 24.6. The number of carbonyl (C=O) groups excluding carboxylic acids is 2. The van der Waals surface area contributed by atoms with Crippen molar-refractivity contribution in [3.05, 3.63) is 65.3 Å². The molecule has 36 heavy (non-hydrogen) atoms. The van der Waals surface area contributed by atoms with Crippen LogP contribution < -0.4 is 25.6 Å². The van der Waals surface area contributed by atoms with Crippen LogP contribution >= 0.6 is 11.3 Å². The Morgan fingerprint density at radius 3 is 2.83 bits per heavy atom. The summed E-state index contributed by atoms with van der Waals surface area (Å²) in [6.45, 7) is 3.50. The molecule has 0 aliphatic carbocycles. The average molecular weight is 501 g/mol. The molecule has 0 saturated carbocycles. The summed E-state index contributed by atoms with van der Waals surface area (Å²) in [5.41, 5.74) is 2.33. The number of urea groups is 1. The second kappa shape index (κ2) is 9.21. The third-order valence-electron chi connectivity index (χ3n) is 6.31. The molecule has 10 heteroatoms. The van der Waals surface area contributed by atoms with Gasteiger partial charge in [-0.3, -0.25) is 9.69 Å². The molecule has 4 aromatic rings. The zero-order valence-corrected chi connectivity index (χ0v) is 20.4. The number of thiophene rings is 1. The molecular weight excluding hydrogens is 476 g/mol. The number of carbonyl (C=O) groups is 2. The van der Waals surface area contributed by atoms with Crippen molar-refractivity contribution in [2.45, 2.75) is 25.8 Å². The van der Waals surface area contributed by atoms with E-state index >= 15 is 0 Å². The molecule has 1 atom stereocenters. The standard InChI is InChI=1S/C26H24N6O3S/c1-15-19(9-10-20(29-15)35-17-7-3-2-4-8-17)32-22-21-18(31-26(32)34)11-13-28-25(21)36-23(22)24(33)30-16-6-5-12-27-14-16/h2-4,7-11,13,16,27H,5-6,12,14H2,1H3,(H,30,33)(H,31,34). The molecule has 1 saturated heterocycles. The number of para-hydroxylation sites is 1. The molecule has 3 aromatic heterocycles. The van der Waals surface area contributed by atoms with E-state index in [0.29, 0.717) is 44.1 Å². The molecule has 1 fully saturated rings. The van der Waals surface area contributed by atoms with E-state index in [1.807, 2.05) is 37.3 Å². The van der Waals surface area contributed by atoms with E-state index in [4.69, 9.17) is 4.74 Å². The van der Waals surface area contributed by atoms with E-state index in [9.17, 15) is 9.59 Å². The van der Waals surface area contributed by atoms with Crippen molar-refractivity contribution in [2.75, 3.05) is 23.3 Å². The molecule has 9 nitrogen and oxygen atoms in total. The van der Waals surface area contributed by atoms with Crippen LogP contribution in [0.25, 0.3) is 10.2 Å². The van der Waals surface area contributed by atoms with Crippen molar-refractivity contribution in [3.63, 3.8) is 0 Å². The number of hydrogen-bond acceptors (Lipinski definition) is 7. The fourth-order valence-corrected chi connectivity index (χ4v) is 5.70. The quantitative estimate of drug-likeness (QED) is 0.358. The number of amides is 3. The summed E-state index contributed by atoms with van der Waals surface area (Å²) in [7, 11) is 0. The third kappa shape index (κ3) is 4.04. The molecule has 6 rings (SSSR count). The molecule has 182 valence electrons. The van der Waals surface area contributed by atoms with Crippen LogP contribution in [-0.4, -0.2) is 41.0 Å². The Balaban J connectivity index is 1.40. The predicted molar refractivity (Wildman–Crippen MR) is 140 cm³/mol. The predicted octanol–water partition coefficient (Wildman–Crippen LogP) is 4.96. The van der Waals surface area contributed by atoms with E-state index in [0.717, 1.165) is 31.3 Å². The maximum atomic E-state index is 13.5.